The van der Waals surface area contributed by atoms with E-state index in [0.717, 1.165) is 5.56 Å². The molecule has 2 rings (SSSR count). The van der Waals surface area contributed by atoms with Crippen LogP contribution in [0.25, 0.3) is 0 Å². The predicted molar refractivity (Wildman–Crippen MR) is 56.8 cm³/mol. The number of ether oxygens (including phenoxy) is 1. The zero-order valence-electron chi connectivity index (χ0n) is 9.11. The fourth-order valence-corrected chi connectivity index (χ4v) is 1.96. The summed E-state index contributed by atoms with van der Waals surface area (Å²) >= 11 is 0. The number of aliphatic hydroxyl groups excluding tert-OH is 2. The number of aryl methyl sites for hydroxylation is 1. The first-order valence-corrected chi connectivity index (χ1v) is 5.31. The van der Waals surface area contributed by atoms with Crippen molar-refractivity contribution in [1.29, 1.82) is 0 Å². The molecule has 16 heavy (non-hydrogen) atoms. The predicted octanol–water partition coefficient (Wildman–Crippen LogP) is 1.26. The Bertz CT molecular complexity index is 394. The maximum atomic E-state index is 13.0. The van der Waals surface area contributed by atoms with Crippen LogP contribution in [-0.4, -0.2) is 28.5 Å². The molecule has 0 amide bonds. The first-order valence-electron chi connectivity index (χ1n) is 5.31. The molecule has 0 fully saturated rings. The molecule has 1 aromatic rings. The molecule has 0 saturated heterocycles. The lowest BCUT2D eigenvalue weighted by molar-refractivity contribution is -0.0763. The van der Waals surface area contributed by atoms with Crippen molar-refractivity contribution in [3.8, 4) is 5.75 Å². The second kappa shape index (κ2) is 4.03. The molecule has 0 bridgehead atoms. The molecule has 3 nitrogen and oxygen atoms in total. The smallest absolute Gasteiger partial charge is 0.135 e. The number of fused-ring (bicyclic) bond motifs is 1. The number of halogens is 1. The van der Waals surface area contributed by atoms with E-state index in [9.17, 15) is 9.50 Å². The van der Waals surface area contributed by atoms with E-state index in [1.165, 1.54) is 12.1 Å². The van der Waals surface area contributed by atoms with Crippen molar-refractivity contribution in [2.75, 3.05) is 6.61 Å². The van der Waals surface area contributed by atoms with Crippen LogP contribution in [0.3, 0.4) is 0 Å². The minimum atomic E-state index is -0.925. The third-order valence-corrected chi connectivity index (χ3v) is 3.13. The third kappa shape index (κ3) is 1.90. The first kappa shape index (κ1) is 11.4. The van der Waals surface area contributed by atoms with Gasteiger partial charge < -0.3 is 14.9 Å². The highest BCUT2D eigenvalue weighted by molar-refractivity contribution is 5.36. The fraction of sp³-hybridized carbons (Fsp3) is 0.500. The van der Waals surface area contributed by atoms with Gasteiger partial charge in [-0.1, -0.05) is 0 Å². The summed E-state index contributed by atoms with van der Waals surface area (Å²) in [6, 6.07) is 4.34. The van der Waals surface area contributed by atoms with E-state index in [0.29, 0.717) is 18.6 Å². The standard InChI is InChI=1S/C12H15FO3/c1-12(11(15)7-14)5-4-8-6-9(13)2-3-10(8)16-12/h2-3,6,11,14-15H,4-5,7H2,1H3/t11-,12+/m1/s1. The average Bonchev–Trinajstić information content (AvgIpc) is 2.28. The topological polar surface area (TPSA) is 49.7 Å². The van der Waals surface area contributed by atoms with E-state index >= 15 is 0 Å². The van der Waals surface area contributed by atoms with Gasteiger partial charge in [0, 0.05) is 0 Å². The van der Waals surface area contributed by atoms with Crippen LogP contribution in [0, 0.1) is 5.82 Å². The summed E-state index contributed by atoms with van der Waals surface area (Å²) in [6.07, 6.45) is 0.275. The lowest BCUT2D eigenvalue weighted by Crippen LogP contribution is -2.49. The van der Waals surface area contributed by atoms with Crippen molar-refractivity contribution >= 4 is 0 Å². The van der Waals surface area contributed by atoms with Crippen LogP contribution in [0.15, 0.2) is 18.2 Å². The second-order valence-electron chi connectivity index (χ2n) is 4.37. The SMILES string of the molecule is C[C@@]1([C@H](O)CO)CCc2cc(F)ccc2O1. The van der Waals surface area contributed by atoms with Crippen molar-refractivity contribution in [2.45, 2.75) is 31.5 Å². The second-order valence-corrected chi connectivity index (χ2v) is 4.37. The maximum absolute atomic E-state index is 13.0. The van der Waals surface area contributed by atoms with Crippen LogP contribution >= 0.6 is 0 Å². The maximum Gasteiger partial charge on any atom is 0.135 e. The zero-order chi connectivity index (χ0) is 11.8. The fourth-order valence-electron chi connectivity index (χ4n) is 1.96. The summed E-state index contributed by atoms with van der Waals surface area (Å²) in [5, 5.41) is 18.6. The summed E-state index contributed by atoms with van der Waals surface area (Å²) in [4.78, 5) is 0. The van der Waals surface area contributed by atoms with Crippen molar-refractivity contribution in [2.24, 2.45) is 0 Å². The van der Waals surface area contributed by atoms with E-state index in [1.54, 1.807) is 13.0 Å². The summed E-state index contributed by atoms with van der Waals surface area (Å²) < 4.78 is 18.6. The minimum absolute atomic E-state index is 0.284. The molecule has 2 atom stereocenters. The van der Waals surface area contributed by atoms with Crippen LogP contribution in [0.2, 0.25) is 0 Å². The number of rotatable bonds is 2. The number of hydrogen-bond acceptors (Lipinski definition) is 3. The lowest BCUT2D eigenvalue weighted by Gasteiger charge is -2.38. The van der Waals surface area contributed by atoms with Crippen LogP contribution in [0.4, 0.5) is 4.39 Å². The molecule has 0 aliphatic carbocycles. The lowest BCUT2D eigenvalue weighted by atomic mass is 9.88. The van der Waals surface area contributed by atoms with Gasteiger partial charge in [0.05, 0.1) is 6.61 Å². The Morgan fingerprint density at radius 3 is 3.00 bits per heavy atom. The molecular formula is C12H15FO3. The van der Waals surface area contributed by atoms with E-state index in [-0.39, 0.29) is 12.4 Å². The van der Waals surface area contributed by atoms with Gasteiger partial charge in [0.15, 0.2) is 0 Å². The van der Waals surface area contributed by atoms with Crippen molar-refractivity contribution in [3.63, 3.8) is 0 Å². The highest BCUT2D eigenvalue weighted by Gasteiger charge is 2.38. The molecule has 1 heterocycles. The molecule has 0 saturated carbocycles. The van der Waals surface area contributed by atoms with Crippen molar-refractivity contribution in [3.05, 3.63) is 29.6 Å². The number of hydrogen-bond donors (Lipinski definition) is 2. The molecule has 1 aliphatic rings. The van der Waals surface area contributed by atoms with Gasteiger partial charge in [0.1, 0.15) is 23.3 Å². The normalized spacial score (nSPS) is 25.8. The molecule has 1 aromatic carbocycles. The molecule has 0 radical (unpaired) electrons. The number of benzene rings is 1. The largest absolute Gasteiger partial charge is 0.484 e. The van der Waals surface area contributed by atoms with E-state index in [2.05, 4.69) is 0 Å². The van der Waals surface area contributed by atoms with Crippen LogP contribution < -0.4 is 4.74 Å². The number of aliphatic hydroxyl groups is 2. The molecule has 4 heteroatoms. The molecule has 88 valence electrons. The first-order chi connectivity index (χ1) is 7.55. The minimum Gasteiger partial charge on any atom is -0.484 e. The van der Waals surface area contributed by atoms with Gasteiger partial charge >= 0.3 is 0 Å². The zero-order valence-corrected chi connectivity index (χ0v) is 9.11. The van der Waals surface area contributed by atoms with Gasteiger partial charge in [-0.2, -0.15) is 0 Å². The van der Waals surface area contributed by atoms with E-state index < -0.39 is 11.7 Å². The molecule has 0 unspecified atom stereocenters. The van der Waals surface area contributed by atoms with Gasteiger partial charge in [-0.05, 0) is 43.5 Å². The Morgan fingerprint density at radius 1 is 1.56 bits per heavy atom. The Kier molecular flexibility index (Phi) is 2.86. The van der Waals surface area contributed by atoms with Gasteiger partial charge in [-0.15, -0.1) is 0 Å². The Balaban J connectivity index is 2.27. The highest BCUT2D eigenvalue weighted by atomic mass is 19.1. The third-order valence-electron chi connectivity index (χ3n) is 3.13. The van der Waals surface area contributed by atoms with Crippen LogP contribution in [0.5, 0.6) is 5.75 Å². The Morgan fingerprint density at radius 2 is 2.31 bits per heavy atom. The summed E-state index contributed by atoms with van der Waals surface area (Å²) in [6.45, 7) is 1.41. The van der Waals surface area contributed by atoms with Crippen molar-refractivity contribution < 1.29 is 19.3 Å². The van der Waals surface area contributed by atoms with Crippen LogP contribution in [-0.2, 0) is 6.42 Å². The van der Waals surface area contributed by atoms with E-state index in [1.807, 2.05) is 0 Å². The Labute approximate surface area is 93.5 Å². The summed E-state index contributed by atoms with van der Waals surface area (Å²) in [7, 11) is 0. The van der Waals surface area contributed by atoms with Gasteiger partial charge in [-0.25, -0.2) is 4.39 Å². The molecule has 0 aromatic heterocycles. The average molecular weight is 226 g/mol. The highest BCUT2D eigenvalue weighted by Crippen LogP contribution is 2.35. The van der Waals surface area contributed by atoms with Gasteiger partial charge in [-0.3, -0.25) is 0 Å². The monoisotopic (exact) mass is 226 g/mol. The summed E-state index contributed by atoms with van der Waals surface area (Å²) in [5.41, 5.74) is 0.0159. The molecule has 0 spiro atoms. The quantitative estimate of drug-likeness (QED) is 0.798. The van der Waals surface area contributed by atoms with Crippen LogP contribution in [0.1, 0.15) is 18.9 Å². The summed E-state index contributed by atoms with van der Waals surface area (Å²) in [5.74, 6) is 0.302. The molecule has 1 aliphatic heterocycles. The van der Waals surface area contributed by atoms with Gasteiger partial charge in [0.25, 0.3) is 0 Å². The molecular weight excluding hydrogens is 211 g/mol. The van der Waals surface area contributed by atoms with Gasteiger partial charge in [0.2, 0.25) is 0 Å². The van der Waals surface area contributed by atoms with E-state index in [4.69, 9.17) is 9.84 Å². The Hall–Kier alpha value is -1.13. The van der Waals surface area contributed by atoms with Crippen molar-refractivity contribution in [1.82, 2.24) is 0 Å². The molecule has 2 N–H and O–H groups in total.